The van der Waals surface area contributed by atoms with Crippen LogP contribution < -0.4 is 17.0 Å². The molecular formula is C14H23N5O3. The predicted molar refractivity (Wildman–Crippen MR) is 84.1 cm³/mol. The van der Waals surface area contributed by atoms with Gasteiger partial charge in [-0.25, -0.2) is 9.78 Å². The minimum Gasteiger partial charge on any atom is -0.385 e. The Kier molecular flexibility index (Phi) is 5.15. The van der Waals surface area contributed by atoms with Crippen molar-refractivity contribution in [1.29, 1.82) is 0 Å². The van der Waals surface area contributed by atoms with Crippen molar-refractivity contribution >= 4 is 11.2 Å². The fraction of sp³-hybridized carbons (Fsp3) is 0.643. The molecule has 0 amide bonds. The number of hydrogen-bond donors (Lipinski definition) is 1. The van der Waals surface area contributed by atoms with Crippen LogP contribution in [0.25, 0.3) is 11.2 Å². The molecule has 2 heterocycles. The summed E-state index contributed by atoms with van der Waals surface area (Å²) in [6.07, 6.45) is 2.14. The molecule has 0 saturated heterocycles. The lowest BCUT2D eigenvalue weighted by Gasteiger charge is -2.08. The summed E-state index contributed by atoms with van der Waals surface area (Å²) in [5.74, 6) is 0.767. The van der Waals surface area contributed by atoms with E-state index in [4.69, 9.17) is 10.5 Å². The lowest BCUT2D eigenvalue weighted by atomic mass is 10.3. The summed E-state index contributed by atoms with van der Waals surface area (Å²) < 4.78 is 9.46. The lowest BCUT2D eigenvalue weighted by Crippen LogP contribution is -2.38. The summed E-state index contributed by atoms with van der Waals surface area (Å²) >= 11 is 0. The molecule has 0 bridgehead atoms. The monoisotopic (exact) mass is 309 g/mol. The molecule has 8 nitrogen and oxygen atoms in total. The maximum atomic E-state index is 12.4. The van der Waals surface area contributed by atoms with Crippen molar-refractivity contribution in [1.82, 2.24) is 18.7 Å². The number of imidazole rings is 1. The Morgan fingerprint density at radius 1 is 1.18 bits per heavy atom. The molecule has 0 spiro atoms. The van der Waals surface area contributed by atoms with Gasteiger partial charge >= 0.3 is 5.69 Å². The lowest BCUT2D eigenvalue weighted by molar-refractivity contribution is 0.190. The highest BCUT2D eigenvalue weighted by Crippen LogP contribution is 2.11. The number of ether oxygens (including phenoxy) is 1. The molecule has 0 fully saturated rings. The van der Waals surface area contributed by atoms with E-state index in [2.05, 4.69) is 4.98 Å². The molecule has 2 rings (SSSR count). The molecule has 0 aromatic carbocycles. The first-order valence-corrected chi connectivity index (χ1v) is 7.37. The Morgan fingerprint density at radius 2 is 1.91 bits per heavy atom. The maximum Gasteiger partial charge on any atom is 0.332 e. The summed E-state index contributed by atoms with van der Waals surface area (Å²) in [6, 6.07) is 0. The van der Waals surface area contributed by atoms with E-state index >= 15 is 0 Å². The molecule has 0 aliphatic heterocycles. The minimum absolute atomic E-state index is 0.322. The molecule has 0 atom stereocenters. The first-order valence-electron chi connectivity index (χ1n) is 7.37. The predicted octanol–water partition coefficient (Wildman–Crippen LogP) is -0.638. The number of fused-ring (bicyclic) bond motifs is 1. The molecule has 0 aliphatic rings. The van der Waals surface area contributed by atoms with Crippen molar-refractivity contribution in [3.8, 4) is 0 Å². The highest BCUT2D eigenvalue weighted by Gasteiger charge is 2.18. The third kappa shape index (κ3) is 2.84. The molecule has 0 unspecified atom stereocenters. The molecule has 2 aromatic heterocycles. The Labute approximate surface area is 128 Å². The van der Waals surface area contributed by atoms with E-state index in [0.717, 1.165) is 16.8 Å². The van der Waals surface area contributed by atoms with Crippen molar-refractivity contribution < 1.29 is 4.74 Å². The van der Waals surface area contributed by atoms with E-state index in [1.54, 1.807) is 23.3 Å². The van der Waals surface area contributed by atoms with Gasteiger partial charge in [-0.2, -0.15) is 0 Å². The van der Waals surface area contributed by atoms with Crippen LogP contribution in [0.2, 0.25) is 0 Å². The summed E-state index contributed by atoms with van der Waals surface area (Å²) in [7, 11) is 4.90. The maximum absolute atomic E-state index is 12.4. The van der Waals surface area contributed by atoms with Gasteiger partial charge in [0.15, 0.2) is 11.2 Å². The molecular weight excluding hydrogens is 286 g/mol. The zero-order valence-electron chi connectivity index (χ0n) is 13.3. The number of hydrogen-bond acceptors (Lipinski definition) is 5. The highest BCUT2D eigenvalue weighted by molar-refractivity contribution is 5.71. The van der Waals surface area contributed by atoms with Gasteiger partial charge in [0.1, 0.15) is 5.82 Å². The van der Waals surface area contributed by atoms with Gasteiger partial charge in [-0.15, -0.1) is 0 Å². The minimum atomic E-state index is -0.350. The molecule has 8 heteroatoms. The summed E-state index contributed by atoms with van der Waals surface area (Å²) in [5, 5.41) is 0. The second kappa shape index (κ2) is 6.89. The molecule has 0 radical (unpaired) electrons. The van der Waals surface area contributed by atoms with Crippen LogP contribution in [0, 0.1) is 0 Å². The van der Waals surface area contributed by atoms with Gasteiger partial charge in [-0.05, 0) is 19.4 Å². The topological polar surface area (TPSA) is 97.1 Å². The molecule has 2 aromatic rings. The van der Waals surface area contributed by atoms with Crippen molar-refractivity contribution in [3.63, 3.8) is 0 Å². The average Bonchev–Trinajstić information content (AvgIpc) is 2.83. The van der Waals surface area contributed by atoms with Crippen molar-refractivity contribution in [2.24, 2.45) is 19.8 Å². The van der Waals surface area contributed by atoms with Crippen LogP contribution >= 0.6 is 0 Å². The summed E-state index contributed by atoms with van der Waals surface area (Å²) in [4.78, 5) is 29.2. The van der Waals surface area contributed by atoms with Crippen LogP contribution in [0.4, 0.5) is 0 Å². The summed E-state index contributed by atoms with van der Waals surface area (Å²) in [5.41, 5.74) is 5.76. The standard InChI is InChI=1S/C14H23N5O3/c1-17-10(6-4-7-15)16-12-11(17)13(20)18(2)14(21)19(12)8-5-9-22-3/h4-9,15H2,1-3H3. The second-order valence-corrected chi connectivity index (χ2v) is 5.30. The first kappa shape index (κ1) is 16.4. The van der Waals surface area contributed by atoms with Crippen LogP contribution in [0.5, 0.6) is 0 Å². The third-order valence-corrected chi connectivity index (χ3v) is 3.78. The van der Waals surface area contributed by atoms with E-state index in [1.807, 2.05) is 0 Å². The fourth-order valence-corrected chi connectivity index (χ4v) is 2.53. The largest absolute Gasteiger partial charge is 0.385 e. The molecule has 22 heavy (non-hydrogen) atoms. The van der Waals surface area contributed by atoms with E-state index in [0.29, 0.717) is 43.7 Å². The van der Waals surface area contributed by atoms with Gasteiger partial charge in [0.25, 0.3) is 5.56 Å². The molecule has 2 N–H and O–H groups in total. The van der Waals surface area contributed by atoms with Crippen LogP contribution in [0.15, 0.2) is 9.59 Å². The second-order valence-electron chi connectivity index (χ2n) is 5.30. The fourth-order valence-electron chi connectivity index (χ4n) is 2.53. The van der Waals surface area contributed by atoms with Crippen molar-refractivity contribution in [3.05, 3.63) is 26.7 Å². The quantitative estimate of drug-likeness (QED) is 0.686. The number of nitrogens with two attached hydrogens (primary N) is 1. The van der Waals surface area contributed by atoms with Crippen LogP contribution in [0.3, 0.4) is 0 Å². The van der Waals surface area contributed by atoms with E-state index in [-0.39, 0.29) is 11.2 Å². The normalized spacial score (nSPS) is 11.5. The van der Waals surface area contributed by atoms with Gasteiger partial charge in [-0.3, -0.25) is 13.9 Å². The molecule has 0 aliphatic carbocycles. The zero-order valence-corrected chi connectivity index (χ0v) is 13.3. The van der Waals surface area contributed by atoms with Gasteiger partial charge in [0.05, 0.1) is 0 Å². The van der Waals surface area contributed by atoms with Crippen molar-refractivity contribution in [2.45, 2.75) is 25.8 Å². The van der Waals surface area contributed by atoms with Gasteiger partial charge in [0.2, 0.25) is 0 Å². The first-order chi connectivity index (χ1) is 10.5. The SMILES string of the molecule is COCCCn1c(=O)n(C)c(=O)c2c1nc(CCCN)n2C. The van der Waals surface area contributed by atoms with Gasteiger partial charge < -0.3 is 15.0 Å². The third-order valence-electron chi connectivity index (χ3n) is 3.78. The highest BCUT2D eigenvalue weighted by atomic mass is 16.5. The zero-order chi connectivity index (χ0) is 16.3. The number of methoxy groups -OCH3 is 1. The molecule has 0 saturated carbocycles. The Bertz CT molecular complexity index is 771. The molecule has 122 valence electrons. The van der Waals surface area contributed by atoms with Crippen LogP contribution in [0.1, 0.15) is 18.7 Å². The van der Waals surface area contributed by atoms with E-state index < -0.39 is 0 Å². The Hall–Kier alpha value is -1.93. The Balaban J connectivity index is 2.62. The number of aryl methyl sites for hydroxylation is 3. The van der Waals surface area contributed by atoms with Crippen LogP contribution in [-0.4, -0.2) is 38.9 Å². The number of nitrogens with zero attached hydrogens (tertiary/aromatic N) is 4. The van der Waals surface area contributed by atoms with Gasteiger partial charge in [0, 0.05) is 40.8 Å². The smallest absolute Gasteiger partial charge is 0.332 e. The van der Waals surface area contributed by atoms with E-state index in [1.165, 1.54) is 7.05 Å². The summed E-state index contributed by atoms with van der Waals surface area (Å²) in [6.45, 7) is 1.57. The Morgan fingerprint density at radius 3 is 2.55 bits per heavy atom. The van der Waals surface area contributed by atoms with Crippen LogP contribution in [-0.2, 0) is 31.8 Å². The van der Waals surface area contributed by atoms with Gasteiger partial charge in [-0.1, -0.05) is 0 Å². The number of aromatic nitrogens is 4. The van der Waals surface area contributed by atoms with E-state index in [9.17, 15) is 9.59 Å². The van der Waals surface area contributed by atoms with Crippen molar-refractivity contribution in [2.75, 3.05) is 20.3 Å². The number of rotatable bonds is 7. The average molecular weight is 309 g/mol.